The Morgan fingerprint density at radius 1 is 1.67 bits per heavy atom. The molecule has 0 aliphatic rings. The zero-order chi connectivity index (χ0) is 7.28. The van der Waals surface area contributed by atoms with E-state index in [2.05, 4.69) is 0 Å². The van der Waals surface area contributed by atoms with Crippen molar-refractivity contribution in [2.75, 3.05) is 0 Å². The summed E-state index contributed by atoms with van der Waals surface area (Å²) in [5, 5.41) is 8.20. The molecule has 50 valence electrons. The Morgan fingerprint density at radius 2 is 2.22 bits per heavy atom. The highest BCUT2D eigenvalue weighted by Crippen LogP contribution is 1.91. The Hall–Kier alpha value is -1.12. The predicted molar refractivity (Wildman–Crippen MR) is 32.1 cm³/mol. The third-order valence-corrected chi connectivity index (χ3v) is 0.798. The minimum Gasteiger partial charge on any atom is -0.478 e. The molecule has 0 aliphatic heterocycles. The van der Waals surface area contributed by atoms with Crippen LogP contribution in [0.15, 0.2) is 11.6 Å². The van der Waals surface area contributed by atoms with Gasteiger partial charge in [0.2, 0.25) is 0 Å². The number of hydrogen-bond donors (Lipinski definition) is 1. The summed E-state index contributed by atoms with van der Waals surface area (Å²) in [6.45, 7) is 1.77. The van der Waals surface area contributed by atoms with Crippen molar-refractivity contribution < 1.29 is 14.7 Å². The van der Waals surface area contributed by atoms with Crippen molar-refractivity contribution in [2.45, 2.75) is 13.3 Å². The fourth-order valence-electron chi connectivity index (χ4n) is 0.406. The number of carboxylic acid groups (broad SMARTS) is 1. The van der Waals surface area contributed by atoms with Gasteiger partial charge in [-0.25, -0.2) is 4.79 Å². The van der Waals surface area contributed by atoms with Crippen LogP contribution in [-0.2, 0) is 9.59 Å². The van der Waals surface area contributed by atoms with E-state index in [1.807, 2.05) is 0 Å². The maximum Gasteiger partial charge on any atom is 0.338 e. The van der Waals surface area contributed by atoms with E-state index in [1.165, 1.54) is 6.08 Å². The highest BCUT2D eigenvalue weighted by Gasteiger charge is 2.01. The number of carbonyl (C=O) groups is 2. The lowest BCUT2D eigenvalue weighted by atomic mass is 10.2. The van der Waals surface area contributed by atoms with Gasteiger partial charge in [0.05, 0.1) is 5.57 Å². The molecule has 0 aromatic carbocycles. The maximum absolute atomic E-state index is 10.0. The smallest absolute Gasteiger partial charge is 0.338 e. The maximum atomic E-state index is 10.0. The molecule has 0 atom stereocenters. The first kappa shape index (κ1) is 7.88. The Balaban J connectivity index is 4.14. The molecule has 0 radical (unpaired) electrons. The van der Waals surface area contributed by atoms with Crippen LogP contribution in [0.1, 0.15) is 13.3 Å². The molecular formula is C6H8O3. The van der Waals surface area contributed by atoms with Gasteiger partial charge in [-0.3, -0.25) is 4.79 Å². The fraction of sp³-hybridized carbons (Fsp3) is 0.333. The average molecular weight is 128 g/mol. The second kappa shape index (κ2) is 3.83. The number of rotatable bonds is 3. The Morgan fingerprint density at radius 3 is 2.33 bits per heavy atom. The minimum atomic E-state index is -1.16. The normalized spacial score (nSPS) is 11.0. The van der Waals surface area contributed by atoms with Crippen LogP contribution >= 0.6 is 0 Å². The molecule has 0 saturated heterocycles. The first-order valence-corrected chi connectivity index (χ1v) is 2.61. The molecule has 0 saturated carbocycles. The lowest BCUT2D eigenvalue weighted by Crippen LogP contribution is -2.00. The fourth-order valence-corrected chi connectivity index (χ4v) is 0.406. The highest BCUT2D eigenvalue weighted by molar-refractivity contribution is 6.06. The Kier molecular flexibility index (Phi) is 3.35. The predicted octanol–water partition coefficient (Wildman–Crippen LogP) is 0.606. The van der Waals surface area contributed by atoms with Gasteiger partial charge in [0, 0.05) is 0 Å². The molecule has 3 heteroatoms. The summed E-state index contributed by atoms with van der Waals surface area (Å²) in [5.74, 6) is -1.16. The van der Waals surface area contributed by atoms with E-state index >= 15 is 0 Å². The van der Waals surface area contributed by atoms with E-state index in [9.17, 15) is 9.59 Å². The lowest BCUT2D eigenvalue weighted by molar-refractivity contribution is -0.133. The van der Waals surface area contributed by atoms with E-state index in [0.29, 0.717) is 12.7 Å². The van der Waals surface area contributed by atoms with Gasteiger partial charge >= 0.3 is 5.97 Å². The summed E-state index contributed by atoms with van der Waals surface area (Å²) >= 11 is 0. The second-order valence-corrected chi connectivity index (χ2v) is 1.49. The Labute approximate surface area is 53.0 Å². The first-order chi connectivity index (χ1) is 4.22. The Bertz CT molecular complexity index is 146. The molecule has 0 aromatic heterocycles. The van der Waals surface area contributed by atoms with Gasteiger partial charge in [-0.2, -0.15) is 0 Å². The van der Waals surface area contributed by atoms with Gasteiger partial charge in [-0.1, -0.05) is 13.0 Å². The van der Waals surface area contributed by atoms with Crippen LogP contribution < -0.4 is 0 Å². The number of allylic oxidation sites excluding steroid dienone is 1. The molecule has 0 aliphatic carbocycles. The summed E-state index contributed by atoms with van der Waals surface area (Å²) in [6.07, 6.45) is 2.28. The average Bonchev–Trinajstić information content (AvgIpc) is 1.82. The molecule has 0 spiro atoms. The number of carbonyl (C=O) groups excluding carboxylic acids is 1. The van der Waals surface area contributed by atoms with Crippen molar-refractivity contribution >= 4 is 12.3 Å². The minimum absolute atomic E-state index is 0.169. The molecule has 0 bridgehead atoms. The number of aldehydes is 1. The van der Waals surface area contributed by atoms with E-state index in [0.717, 1.165) is 0 Å². The van der Waals surface area contributed by atoms with Crippen LogP contribution in [-0.4, -0.2) is 17.4 Å². The van der Waals surface area contributed by atoms with Crippen LogP contribution in [0.25, 0.3) is 0 Å². The molecule has 3 nitrogen and oxygen atoms in total. The standard InChI is InChI=1S/C6H8O3/c1-2-3-5(4-7)6(8)9/h3-4H,2H2,1H3,(H,8,9)/b5-3-. The number of hydrogen-bond acceptors (Lipinski definition) is 2. The number of carboxylic acids is 1. The summed E-state index contributed by atoms with van der Waals surface area (Å²) < 4.78 is 0. The van der Waals surface area contributed by atoms with E-state index in [-0.39, 0.29) is 5.57 Å². The largest absolute Gasteiger partial charge is 0.478 e. The zero-order valence-corrected chi connectivity index (χ0v) is 5.13. The van der Waals surface area contributed by atoms with Crippen molar-refractivity contribution in [1.29, 1.82) is 0 Å². The van der Waals surface area contributed by atoms with Gasteiger partial charge in [0.1, 0.15) is 0 Å². The van der Waals surface area contributed by atoms with Crippen molar-refractivity contribution in [3.8, 4) is 0 Å². The quantitative estimate of drug-likeness (QED) is 0.262. The molecule has 0 fully saturated rings. The SMILES string of the molecule is CC/C=C(/C=O)C(=O)O. The van der Waals surface area contributed by atoms with Crippen LogP contribution in [0.5, 0.6) is 0 Å². The van der Waals surface area contributed by atoms with E-state index in [4.69, 9.17) is 5.11 Å². The van der Waals surface area contributed by atoms with E-state index in [1.54, 1.807) is 6.92 Å². The highest BCUT2D eigenvalue weighted by atomic mass is 16.4. The van der Waals surface area contributed by atoms with Gasteiger partial charge in [-0.05, 0) is 6.42 Å². The van der Waals surface area contributed by atoms with Crippen molar-refractivity contribution in [3.05, 3.63) is 11.6 Å². The monoisotopic (exact) mass is 128 g/mol. The molecule has 0 rings (SSSR count). The van der Waals surface area contributed by atoms with Crippen LogP contribution in [0, 0.1) is 0 Å². The van der Waals surface area contributed by atoms with Crippen molar-refractivity contribution in [2.24, 2.45) is 0 Å². The first-order valence-electron chi connectivity index (χ1n) is 2.61. The second-order valence-electron chi connectivity index (χ2n) is 1.49. The molecule has 0 aromatic rings. The van der Waals surface area contributed by atoms with Gasteiger partial charge in [-0.15, -0.1) is 0 Å². The summed E-state index contributed by atoms with van der Waals surface area (Å²) in [7, 11) is 0. The summed E-state index contributed by atoms with van der Waals surface area (Å²) in [4.78, 5) is 19.9. The third-order valence-electron chi connectivity index (χ3n) is 0.798. The van der Waals surface area contributed by atoms with Crippen LogP contribution in [0.2, 0.25) is 0 Å². The third kappa shape index (κ3) is 2.64. The van der Waals surface area contributed by atoms with E-state index < -0.39 is 5.97 Å². The van der Waals surface area contributed by atoms with Crippen molar-refractivity contribution in [1.82, 2.24) is 0 Å². The molecule has 0 unspecified atom stereocenters. The molecular weight excluding hydrogens is 120 g/mol. The lowest BCUT2D eigenvalue weighted by Gasteiger charge is -1.86. The summed E-state index contributed by atoms with van der Waals surface area (Å²) in [5.41, 5.74) is -0.169. The summed E-state index contributed by atoms with van der Waals surface area (Å²) in [6, 6.07) is 0. The van der Waals surface area contributed by atoms with Gasteiger partial charge in [0.15, 0.2) is 6.29 Å². The molecule has 0 heterocycles. The topological polar surface area (TPSA) is 54.4 Å². The van der Waals surface area contributed by atoms with Crippen LogP contribution in [0.3, 0.4) is 0 Å². The molecule has 0 amide bonds. The molecule has 1 N–H and O–H groups in total. The van der Waals surface area contributed by atoms with Gasteiger partial charge < -0.3 is 5.11 Å². The zero-order valence-electron chi connectivity index (χ0n) is 5.13. The van der Waals surface area contributed by atoms with Crippen molar-refractivity contribution in [3.63, 3.8) is 0 Å². The number of aliphatic carboxylic acids is 1. The van der Waals surface area contributed by atoms with Gasteiger partial charge in [0.25, 0.3) is 0 Å². The van der Waals surface area contributed by atoms with Crippen LogP contribution in [0.4, 0.5) is 0 Å². The molecule has 9 heavy (non-hydrogen) atoms.